The first kappa shape index (κ1) is 31.5. The number of benzene rings is 3. The number of aliphatic hydroxyl groups is 1. The molecule has 1 aromatic heterocycles. The van der Waals surface area contributed by atoms with Gasteiger partial charge >= 0.3 is 5.97 Å². The van der Waals surface area contributed by atoms with Crippen molar-refractivity contribution in [1.29, 1.82) is 0 Å². The molecule has 0 saturated carbocycles. The summed E-state index contributed by atoms with van der Waals surface area (Å²) in [5.41, 5.74) is 10.1. The zero-order chi connectivity index (χ0) is 32.2. The van der Waals surface area contributed by atoms with Crippen LogP contribution in [0.4, 0.5) is 21.6 Å². The van der Waals surface area contributed by atoms with E-state index in [4.69, 9.17) is 15.2 Å². The molecule has 0 spiro atoms. The predicted molar refractivity (Wildman–Crippen MR) is 172 cm³/mol. The molecule has 3 heterocycles. The molecule has 2 aliphatic rings. The van der Waals surface area contributed by atoms with Gasteiger partial charge in [0.05, 0.1) is 12.7 Å². The molecule has 45 heavy (non-hydrogen) atoms. The van der Waals surface area contributed by atoms with Crippen molar-refractivity contribution in [2.45, 2.75) is 45.4 Å². The highest BCUT2D eigenvalue weighted by atomic mass is 19.1. The quantitative estimate of drug-likeness (QED) is 0.231. The maximum Gasteiger partial charge on any atom is 0.325 e. The summed E-state index contributed by atoms with van der Waals surface area (Å²) in [6.07, 6.45) is 0.795. The van der Waals surface area contributed by atoms with E-state index in [0.717, 1.165) is 27.5 Å². The fraction of sp³-hybridized carbons (Fsp3) is 0.324. The number of nitrogens with two attached hydrogens (primary N) is 1. The van der Waals surface area contributed by atoms with Crippen molar-refractivity contribution in [2.24, 2.45) is 0 Å². The lowest BCUT2D eigenvalue weighted by molar-refractivity contribution is -0.142. The molecule has 0 radical (unpaired) electrons. The third-order valence-corrected chi connectivity index (χ3v) is 7.82. The number of aromatic nitrogens is 1. The summed E-state index contributed by atoms with van der Waals surface area (Å²) in [5.74, 6) is -1.21. The Hall–Kier alpha value is -4.90. The average Bonchev–Trinajstić information content (AvgIpc) is 3.00. The van der Waals surface area contributed by atoms with E-state index in [1.165, 1.54) is 17.9 Å². The summed E-state index contributed by atoms with van der Waals surface area (Å²) in [6.45, 7) is 5.28. The second-order valence-corrected chi connectivity index (χ2v) is 11.6. The number of hydrogen-bond donors (Lipinski definition) is 4. The first-order valence-electron chi connectivity index (χ1n) is 14.8. The molecule has 10 nitrogen and oxygen atoms in total. The number of carbonyl (C=O) groups is 2. The molecule has 5 N–H and O–H groups in total. The number of esters is 1. The Bertz CT molecular complexity index is 1730. The summed E-state index contributed by atoms with van der Waals surface area (Å²) in [7, 11) is 1.63. The van der Waals surface area contributed by atoms with Gasteiger partial charge in [-0.2, -0.15) is 0 Å². The van der Waals surface area contributed by atoms with Crippen molar-refractivity contribution >= 4 is 39.8 Å². The second-order valence-electron chi connectivity index (χ2n) is 11.6. The fourth-order valence-corrected chi connectivity index (χ4v) is 5.50. The Morgan fingerprint density at radius 3 is 2.76 bits per heavy atom. The number of aryl methyl sites for hydroxylation is 1. The van der Waals surface area contributed by atoms with Crippen LogP contribution in [-0.2, 0) is 20.9 Å². The Balaban J connectivity index is 1.57. The number of halogens is 1. The van der Waals surface area contributed by atoms with Crippen LogP contribution < -0.4 is 21.1 Å². The highest BCUT2D eigenvalue weighted by Gasteiger charge is 2.27. The monoisotopic (exact) mass is 615 g/mol. The van der Waals surface area contributed by atoms with Crippen molar-refractivity contribution in [3.63, 3.8) is 0 Å². The van der Waals surface area contributed by atoms with E-state index in [0.29, 0.717) is 22.8 Å². The molecule has 2 aliphatic heterocycles. The molecule has 3 aromatic carbocycles. The fourth-order valence-electron chi connectivity index (χ4n) is 5.50. The summed E-state index contributed by atoms with van der Waals surface area (Å²) < 4.78 is 26.5. The van der Waals surface area contributed by atoms with Gasteiger partial charge in [0.2, 0.25) is 5.91 Å². The second kappa shape index (κ2) is 13.4. The van der Waals surface area contributed by atoms with Gasteiger partial charge in [0, 0.05) is 54.1 Å². The van der Waals surface area contributed by atoms with Crippen LogP contribution in [0, 0.1) is 12.7 Å². The molecule has 0 aliphatic carbocycles. The third-order valence-electron chi connectivity index (χ3n) is 7.82. The molecule has 0 saturated heterocycles. The summed E-state index contributed by atoms with van der Waals surface area (Å²) >= 11 is 0. The van der Waals surface area contributed by atoms with Gasteiger partial charge in [-0.15, -0.1) is 0 Å². The van der Waals surface area contributed by atoms with Crippen molar-refractivity contribution in [2.75, 3.05) is 43.2 Å². The zero-order valence-electron chi connectivity index (χ0n) is 25.8. The third kappa shape index (κ3) is 7.26. The van der Waals surface area contributed by atoms with Gasteiger partial charge in [0.25, 0.3) is 0 Å². The van der Waals surface area contributed by atoms with Crippen molar-refractivity contribution in [1.82, 2.24) is 9.88 Å². The molecule has 11 heteroatoms. The predicted octanol–water partition coefficient (Wildman–Crippen LogP) is 4.91. The number of hydrogen-bond acceptors (Lipinski definition) is 9. The number of carbonyl (C=O) groups excluding carboxylic acids is 2. The minimum Gasteiger partial charge on any atom is -0.487 e. The molecule has 3 atom stereocenters. The largest absolute Gasteiger partial charge is 0.487 e. The standard InChI is InChI=1S/C34H38FN5O5/c1-19-11-23-5-7-27(19)20(2)17-44-30(42)15-38-26-13-24(32(29(35)14-26)45-18-21(3)41)16-40(4)34(43)31(23)39-25-6-8-28-22(12-25)9-10-37-33(28)36/h5-14,20-21,31,38-39,41H,15-18H2,1-4H3,(H2,36,37)/t20-,21-,31+/m0/s1. The minimum absolute atomic E-state index is 0.0168. The van der Waals surface area contributed by atoms with E-state index >= 15 is 4.39 Å². The lowest BCUT2D eigenvalue weighted by atomic mass is 9.93. The number of amides is 1. The van der Waals surface area contributed by atoms with Crippen LogP contribution in [0.3, 0.4) is 0 Å². The lowest BCUT2D eigenvalue weighted by Gasteiger charge is -2.27. The van der Waals surface area contributed by atoms with E-state index in [1.54, 1.807) is 19.3 Å². The number of pyridine rings is 1. The zero-order valence-corrected chi connectivity index (χ0v) is 25.8. The molecule has 6 rings (SSSR count). The van der Waals surface area contributed by atoms with Gasteiger partial charge in [-0.1, -0.05) is 25.1 Å². The van der Waals surface area contributed by atoms with Crippen LogP contribution >= 0.6 is 0 Å². The molecular formula is C34H38FN5O5. The van der Waals surface area contributed by atoms with Crippen LogP contribution in [0.15, 0.2) is 60.8 Å². The van der Waals surface area contributed by atoms with Crippen LogP contribution in [0.5, 0.6) is 5.75 Å². The number of likely N-dealkylation sites (N-methyl/N-ethyl adjacent to an activating group) is 1. The molecule has 0 fully saturated rings. The van der Waals surface area contributed by atoms with E-state index in [-0.39, 0.29) is 43.9 Å². The van der Waals surface area contributed by atoms with E-state index in [9.17, 15) is 14.7 Å². The summed E-state index contributed by atoms with van der Waals surface area (Å²) in [6, 6.07) is 15.3. The van der Waals surface area contributed by atoms with Crippen LogP contribution in [0.25, 0.3) is 10.8 Å². The van der Waals surface area contributed by atoms with Crippen molar-refractivity contribution in [3.8, 4) is 5.75 Å². The summed E-state index contributed by atoms with van der Waals surface area (Å²) in [5, 5.41) is 17.8. The number of ether oxygens (including phenoxy) is 2. The molecule has 0 unspecified atom stereocenters. The van der Waals surface area contributed by atoms with Crippen molar-refractivity contribution in [3.05, 3.63) is 88.9 Å². The van der Waals surface area contributed by atoms with Gasteiger partial charge in [-0.05, 0) is 66.3 Å². The van der Waals surface area contributed by atoms with Crippen molar-refractivity contribution < 1.29 is 28.6 Å². The lowest BCUT2D eigenvalue weighted by Crippen LogP contribution is -2.35. The number of fused-ring (bicyclic) bond motifs is 11. The Morgan fingerprint density at radius 2 is 2.00 bits per heavy atom. The number of nitrogens with one attached hydrogen (secondary N) is 2. The number of aliphatic hydroxyl groups excluding tert-OH is 1. The van der Waals surface area contributed by atoms with Crippen LogP contribution in [0.1, 0.15) is 48.1 Å². The number of nitrogens with zero attached hydrogens (tertiary/aromatic N) is 2. The first-order chi connectivity index (χ1) is 21.5. The first-order valence-corrected chi connectivity index (χ1v) is 14.8. The highest BCUT2D eigenvalue weighted by Crippen LogP contribution is 2.32. The Labute approximate surface area is 261 Å². The topological polar surface area (TPSA) is 139 Å². The number of anilines is 3. The van der Waals surface area contributed by atoms with Gasteiger partial charge in [0.1, 0.15) is 25.0 Å². The Kier molecular flexibility index (Phi) is 9.38. The normalized spacial score (nSPS) is 18.2. The number of nitrogen functional groups attached to an aromatic ring is 1. The molecule has 4 aromatic rings. The average molecular weight is 616 g/mol. The Morgan fingerprint density at radius 1 is 1.20 bits per heavy atom. The van der Waals surface area contributed by atoms with Gasteiger partial charge < -0.3 is 35.8 Å². The van der Waals surface area contributed by atoms with E-state index in [1.807, 2.05) is 56.3 Å². The molecule has 1 amide bonds. The molecule has 4 bridgehead atoms. The van der Waals surface area contributed by atoms with Crippen LogP contribution in [0.2, 0.25) is 0 Å². The number of rotatable bonds is 5. The van der Waals surface area contributed by atoms with E-state index < -0.39 is 23.9 Å². The smallest absolute Gasteiger partial charge is 0.325 e. The van der Waals surface area contributed by atoms with Crippen LogP contribution in [-0.4, -0.2) is 59.8 Å². The maximum absolute atomic E-state index is 15.4. The minimum atomic E-state index is -0.839. The highest BCUT2D eigenvalue weighted by molar-refractivity contribution is 5.94. The maximum atomic E-state index is 15.4. The summed E-state index contributed by atoms with van der Waals surface area (Å²) in [4.78, 5) is 32.5. The molecule has 236 valence electrons. The van der Waals surface area contributed by atoms with Gasteiger partial charge in [-0.3, -0.25) is 9.59 Å². The van der Waals surface area contributed by atoms with Gasteiger partial charge in [-0.25, -0.2) is 9.37 Å². The SMILES string of the molecule is Cc1cc2ccc1[C@@H](C)COC(=O)CNc1cc(F)c(OC[C@H](C)O)c(c1)CN(C)C(=O)[C@@H]2Nc1ccc2c(N)nccc2c1. The molecular weight excluding hydrogens is 577 g/mol. The van der Waals surface area contributed by atoms with Gasteiger partial charge in [0.15, 0.2) is 11.6 Å². The van der Waals surface area contributed by atoms with E-state index in [2.05, 4.69) is 15.6 Å².